The van der Waals surface area contributed by atoms with Gasteiger partial charge in [-0.2, -0.15) is 0 Å². The normalized spacial score (nSPS) is 11.0. The molecule has 114 valence electrons. The summed E-state index contributed by atoms with van der Waals surface area (Å²) in [5.74, 6) is -0.147. The van der Waals surface area contributed by atoms with Gasteiger partial charge in [0.15, 0.2) is 0 Å². The van der Waals surface area contributed by atoms with Crippen LogP contribution < -0.4 is 16.3 Å². The minimum absolute atomic E-state index is 0.0496. The average molecular weight is 290 g/mol. The smallest absolute Gasteiger partial charge is 0.329 e. The maximum absolute atomic E-state index is 12.2. The van der Waals surface area contributed by atoms with E-state index in [9.17, 15) is 9.59 Å². The fraction of sp³-hybridized carbons (Fsp3) is 0.467. The topological polar surface area (TPSA) is 68.1 Å². The van der Waals surface area contributed by atoms with Crippen LogP contribution in [0.5, 0.6) is 0 Å². The third-order valence-corrected chi connectivity index (χ3v) is 3.40. The number of para-hydroxylation sites is 2. The van der Waals surface area contributed by atoms with Crippen LogP contribution in [0.3, 0.4) is 0 Å². The van der Waals surface area contributed by atoms with Gasteiger partial charge in [0.2, 0.25) is 5.91 Å². The quantitative estimate of drug-likeness (QED) is 0.728. The summed E-state index contributed by atoms with van der Waals surface area (Å²) in [7, 11) is 1.72. The molecule has 0 atom stereocenters. The molecule has 1 aromatic heterocycles. The number of carbonyl (C=O) groups is 1. The van der Waals surface area contributed by atoms with Crippen molar-refractivity contribution in [2.45, 2.75) is 19.9 Å². The molecule has 1 amide bonds. The monoisotopic (exact) mass is 290 g/mol. The fourth-order valence-corrected chi connectivity index (χ4v) is 2.31. The molecule has 0 saturated carbocycles. The number of imidazole rings is 1. The lowest BCUT2D eigenvalue weighted by Crippen LogP contribution is -2.36. The summed E-state index contributed by atoms with van der Waals surface area (Å²) in [6, 6.07) is 7.48. The number of aromatic nitrogens is 2. The van der Waals surface area contributed by atoms with Gasteiger partial charge in [0, 0.05) is 20.1 Å². The molecule has 21 heavy (non-hydrogen) atoms. The van der Waals surface area contributed by atoms with Crippen molar-refractivity contribution in [1.82, 2.24) is 19.8 Å². The Labute approximate surface area is 123 Å². The van der Waals surface area contributed by atoms with Gasteiger partial charge < -0.3 is 10.6 Å². The molecule has 0 fully saturated rings. The highest BCUT2D eigenvalue weighted by atomic mass is 16.2. The van der Waals surface area contributed by atoms with E-state index in [2.05, 4.69) is 17.6 Å². The van der Waals surface area contributed by atoms with Gasteiger partial charge in [-0.25, -0.2) is 4.79 Å². The van der Waals surface area contributed by atoms with E-state index < -0.39 is 0 Å². The Morgan fingerprint density at radius 3 is 2.57 bits per heavy atom. The Morgan fingerprint density at radius 1 is 1.14 bits per heavy atom. The van der Waals surface area contributed by atoms with E-state index in [0.29, 0.717) is 6.54 Å². The highest BCUT2D eigenvalue weighted by Crippen LogP contribution is 2.10. The van der Waals surface area contributed by atoms with E-state index >= 15 is 0 Å². The summed E-state index contributed by atoms with van der Waals surface area (Å²) < 4.78 is 3.07. The number of nitrogens with zero attached hydrogens (tertiary/aromatic N) is 2. The van der Waals surface area contributed by atoms with Crippen molar-refractivity contribution in [3.05, 3.63) is 34.7 Å². The zero-order chi connectivity index (χ0) is 15.2. The van der Waals surface area contributed by atoms with Gasteiger partial charge in [-0.15, -0.1) is 0 Å². The fourth-order valence-electron chi connectivity index (χ4n) is 2.31. The third kappa shape index (κ3) is 3.52. The van der Waals surface area contributed by atoms with E-state index in [1.165, 1.54) is 4.57 Å². The minimum Gasteiger partial charge on any atom is -0.353 e. The largest absolute Gasteiger partial charge is 0.353 e. The van der Waals surface area contributed by atoms with Crippen molar-refractivity contribution >= 4 is 16.9 Å². The molecular formula is C15H22N4O2. The van der Waals surface area contributed by atoms with Crippen LogP contribution in [0.4, 0.5) is 0 Å². The summed E-state index contributed by atoms with van der Waals surface area (Å²) in [5.41, 5.74) is 1.44. The Kier molecular flexibility index (Phi) is 5.16. The standard InChI is InChI=1S/C15H22N4O2/c1-3-8-16-9-10-17-14(20)11-19-13-7-5-4-6-12(13)18(2)15(19)21/h4-7,16H,3,8-11H2,1-2H3,(H,17,20). The van der Waals surface area contributed by atoms with Gasteiger partial charge in [-0.3, -0.25) is 13.9 Å². The zero-order valence-corrected chi connectivity index (χ0v) is 12.6. The predicted octanol–water partition coefficient (Wildman–Crippen LogP) is 0.456. The summed E-state index contributed by atoms with van der Waals surface area (Å²) in [4.78, 5) is 24.1. The average Bonchev–Trinajstić information content (AvgIpc) is 2.73. The van der Waals surface area contributed by atoms with Gasteiger partial charge in [-0.05, 0) is 25.1 Å². The van der Waals surface area contributed by atoms with E-state index in [0.717, 1.165) is 30.5 Å². The van der Waals surface area contributed by atoms with Crippen LogP contribution in [0.1, 0.15) is 13.3 Å². The van der Waals surface area contributed by atoms with Crippen LogP contribution in [-0.4, -0.2) is 34.7 Å². The second-order valence-corrected chi connectivity index (χ2v) is 5.02. The first-order chi connectivity index (χ1) is 10.1. The molecule has 0 unspecified atom stereocenters. The molecule has 6 heteroatoms. The molecule has 1 aromatic carbocycles. The van der Waals surface area contributed by atoms with Gasteiger partial charge in [0.1, 0.15) is 6.54 Å². The Bertz CT molecular complexity index is 672. The van der Waals surface area contributed by atoms with E-state index in [-0.39, 0.29) is 18.1 Å². The van der Waals surface area contributed by atoms with Crippen molar-refractivity contribution in [3.8, 4) is 0 Å². The van der Waals surface area contributed by atoms with Crippen molar-refractivity contribution in [2.75, 3.05) is 19.6 Å². The number of amides is 1. The van der Waals surface area contributed by atoms with Crippen molar-refractivity contribution in [2.24, 2.45) is 7.05 Å². The summed E-state index contributed by atoms with van der Waals surface area (Å²) >= 11 is 0. The molecule has 0 aliphatic heterocycles. The number of aryl methyl sites for hydroxylation is 1. The number of nitrogens with one attached hydrogen (secondary N) is 2. The summed E-state index contributed by atoms with van der Waals surface area (Å²) in [5, 5.41) is 6.03. The van der Waals surface area contributed by atoms with Crippen molar-refractivity contribution in [3.63, 3.8) is 0 Å². The molecule has 0 saturated heterocycles. The first-order valence-corrected chi connectivity index (χ1v) is 7.26. The van der Waals surface area contributed by atoms with E-state index in [1.54, 1.807) is 11.6 Å². The van der Waals surface area contributed by atoms with E-state index in [1.807, 2.05) is 24.3 Å². The summed E-state index contributed by atoms with van der Waals surface area (Å²) in [6.07, 6.45) is 1.07. The van der Waals surface area contributed by atoms with Gasteiger partial charge >= 0.3 is 5.69 Å². The predicted molar refractivity (Wildman–Crippen MR) is 83.3 cm³/mol. The molecule has 2 N–H and O–H groups in total. The second-order valence-electron chi connectivity index (χ2n) is 5.02. The molecule has 6 nitrogen and oxygen atoms in total. The third-order valence-electron chi connectivity index (χ3n) is 3.40. The number of hydrogen-bond acceptors (Lipinski definition) is 3. The van der Waals surface area contributed by atoms with Crippen LogP contribution in [0, 0.1) is 0 Å². The Balaban J connectivity index is 2.01. The number of benzene rings is 1. The van der Waals surface area contributed by atoms with Gasteiger partial charge in [0.05, 0.1) is 11.0 Å². The first-order valence-electron chi connectivity index (χ1n) is 7.26. The maximum Gasteiger partial charge on any atom is 0.329 e. The number of hydrogen-bond donors (Lipinski definition) is 2. The minimum atomic E-state index is -0.171. The van der Waals surface area contributed by atoms with E-state index in [4.69, 9.17) is 0 Å². The number of rotatable bonds is 7. The lowest BCUT2D eigenvalue weighted by atomic mass is 10.3. The van der Waals surface area contributed by atoms with Crippen LogP contribution >= 0.6 is 0 Å². The van der Waals surface area contributed by atoms with Crippen LogP contribution in [0.15, 0.2) is 29.1 Å². The lowest BCUT2D eigenvalue weighted by Gasteiger charge is -2.07. The van der Waals surface area contributed by atoms with Crippen LogP contribution in [0.2, 0.25) is 0 Å². The Morgan fingerprint density at radius 2 is 1.86 bits per heavy atom. The second kappa shape index (κ2) is 7.08. The number of fused-ring (bicyclic) bond motifs is 1. The van der Waals surface area contributed by atoms with Gasteiger partial charge in [-0.1, -0.05) is 19.1 Å². The SMILES string of the molecule is CCCNCCNC(=O)Cn1c(=O)n(C)c2ccccc21. The Hall–Kier alpha value is -2.08. The molecular weight excluding hydrogens is 268 g/mol. The molecule has 0 bridgehead atoms. The van der Waals surface area contributed by atoms with Crippen LogP contribution in [0.25, 0.3) is 11.0 Å². The molecule has 0 aliphatic carbocycles. The molecule has 0 radical (unpaired) electrons. The van der Waals surface area contributed by atoms with Crippen molar-refractivity contribution < 1.29 is 4.79 Å². The summed E-state index contributed by atoms with van der Waals surface area (Å²) in [6.45, 7) is 4.40. The highest BCUT2D eigenvalue weighted by molar-refractivity contribution is 5.80. The molecule has 0 spiro atoms. The zero-order valence-electron chi connectivity index (χ0n) is 12.6. The maximum atomic E-state index is 12.2. The lowest BCUT2D eigenvalue weighted by molar-refractivity contribution is -0.121. The van der Waals surface area contributed by atoms with Crippen LogP contribution in [-0.2, 0) is 18.4 Å². The molecule has 1 heterocycles. The molecule has 2 rings (SSSR count). The first kappa shape index (κ1) is 15.3. The van der Waals surface area contributed by atoms with Gasteiger partial charge in [0.25, 0.3) is 0 Å². The highest BCUT2D eigenvalue weighted by Gasteiger charge is 2.12. The van der Waals surface area contributed by atoms with Crippen molar-refractivity contribution in [1.29, 1.82) is 0 Å². The molecule has 0 aliphatic rings. The number of carbonyl (C=O) groups excluding carboxylic acids is 1. The molecule has 2 aromatic rings.